The molecule has 1 aliphatic rings. The highest BCUT2D eigenvalue weighted by Gasteiger charge is 2.26. The molecule has 3 rings (SSSR count). The van der Waals surface area contributed by atoms with Gasteiger partial charge in [-0.3, -0.25) is 14.5 Å². The van der Waals surface area contributed by atoms with Crippen molar-refractivity contribution in [2.24, 2.45) is 0 Å². The standard InChI is InChI=1S/C24H29FN2O2/c1-24(2,3)20-11-9-18(10-12-20)22(28)23(29)27-14-6-13-26(15-16-27)17-19-7-4-5-8-21(19)25/h4-5,7-12H,6,13-17H2,1-3H3. The van der Waals surface area contributed by atoms with Gasteiger partial charge in [-0.05, 0) is 23.5 Å². The van der Waals surface area contributed by atoms with Gasteiger partial charge in [-0.25, -0.2) is 4.39 Å². The molecule has 4 nitrogen and oxygen atoms in total. The van der Waals surface area contributed by atoms with E-state index >= 15 is 0 Å². The van der Waals surface area contributed by atoms with Crippen LogP contribution in [-0.2, 0) is 16.8 Å². The Balaban J connectivity index is 1.61. The Bertz CT molecular complexity index is 871. The second-order valence-corrected chi connectivity index (χ2v) is 8.67. The molecule has 1 amide bonds. The van der Waals surface area contributed by atoms with Gasteiger partial charge in [0, 0.05) is 43.9 Å². The lowest BCUT2D eigenvalue weighted by atomic mass is 9.86. The quantitative estimate of drug-likeness (QED) is 0.579. The molecule has 0 saturated carbocycles. The predicted octanol–water partition coefficient (Wildman–Crippen LogP) is 4.04. The summed E-state index contributed by atoms with van der Waals surface area (Å²) in [5.41, 5.74) is 2.20. The van der Waals surface area contributed by atoms with Crippen molar-refractivity contribution in [2.75, 3.05) is 26.2 Å². The van der Waals surface area contributed by atoms with Gasteiger partial charge in [0.05, 0.1) is 0 Å². The molecule has 0 bridgehead atoms. The van der Waals surface area contributed by atoms with Gasteiger partial charge < -0.3 is 4.90 Å². The molecule has 154 valence electrons. The summed E-state index contributed by atoms with van der Waals surface area (Å²) in [7, 11) is 0. The number of amides is 1. The van der Waals surface area contributed by atoms with Crippen LogP contribution in [0.2, 0.25) is 0 Å². The van der Waals surface area contributed by atoms with Crippen molar-refractivity contribution in [3.63, 3.8) is 0 Å². The maximum absolute atomic E-state index is 13.9. The molecular weight excluding hydrogens is 367 g/mol. The van der Waals surface area contributed by atoms with Crippen molar-refractivity contribution < 1.29 is 14.0 Å². The Morgan fingerprint density at radius 1 is 0.931 bits per heavy atom. The SMILES string of the molecule is CC(C)(C)c1ccc(C(=O)C(=O)N2CCCN(Cc3ccccc3F)CC2)cc1. The highest BCUT2D eigenvalue weighted by Crippen LogP contribution is 2.22. The predicted molar refractivity (Wildman–Crippen MR) is 112 cm³/mol. The minimum absolute atomic E-state index is 0.00192. The summed E-state index contributed by atoms with van der Waals surface area (Å²) in [4.78, 5) is 29.2. The zero-order valence-corrected chi connectivity index (χ0v) is 17.5. The summed E-state index contributed by atoms with van der Waals surface area (Å²) < 4.78 is 13.9. The van der Waals surface area contributed by atoms with E-state index < -0.39 is 11.7 Å². The summed E-state index contributed by atoms with van der Waals surface area (Å²) in [5, 5.41) is 0. The van der Waals surface area contributed by atoms with Crippen LogP contribution in [0.4, 0.5) is 4.39 Å². The third-order valence-corrected chi connectivity index (χ3v) is 5.43. The van der Waals surface area contributed by atoms with Crippen molar-refractivity contribution in [1.29, 1.82) is 0 Å². The van der Waals surface area contributed by atoms with Crippen LogP contribution < -0.4 is 0 Å². The fourth-order valence-corrected chi connectivity index (χ4v) is 3.59. The van der Waals surface area contributed by atoms with Gasteiger partial charge in [0.25, 0.3) is 5.91 Å². The lowest BCUT2D eigenvalue weighted by Gasteiger charge is -2.22. The minimum atomic E-state index is -0.465. The molecule has 2 aromatic carbocycles. The van der Waals surface area contributed by atoms with Crippen molar-refractivity contribution in [1.82, 2.24) is 9.80 Å². The van der Waals surface area contributed by atoms with Gasteiger partial charge >= 0.3 is 0 Å². The van der Waals surface area contributed by atoms with E-state index in [1.165, 1.54) is 6.07 Å². The Labute approximate surface area is 172 Å². The molecule has 0 atom stereocenters. The normalized spacial score (nSPS) is 15.8. The van der Waals surface area contributed by atoms with Crippen molar-refractivity contribution in [2.45, 2.75) is 39.2 Å². The Hall–Kier alpha value is -2.53. The zero-order valence-electron chi connectivity index (χ0n) is 17.5. The summed E-state index contributed by atoms with van der Waals surface area (Å²) in [6.45, 7) is 9.25. The van der Waals surface area contributed by atoms with Gasteiger partial charge in [0.2, 0.25) is 5.78 Å². The van der Waals surface area contributed by atoms with Crippen LogP contribution in [0.3, 0.4) is 0 Å². The average Bonchev–Trinajstić information content (AvgIpc) is 2.94. The number of rotatable bonds is 4. The first kappa shape index (κ1) is 21.2. The zero-order chi connectivity index (χ0) is 21.0. The number of nitrogens with zero attached hydrogens (tertiary/aromatic N) is 2. The van der Waals surface area contributed by atoms with Gasteiger partial charge in [-0.2, -0.15) is 0 Å². The molecule has 1 fully saturated rings. The Kier molecular flexibility index (Phi) is 6.48. The molecule has 29 heavy (non-hydrogen) atoms. The second-order valence-electron chi connectivity index (χ2n) is 8.67. The first-order chi connectivity index (χ1) is 13.8. The van der Waals surface area contributed by atoms with Gasteiger partial charge in [-0.15, -0.1) is 0 Å². The van der Waals surface area contributed by atoms with E-state index in [9.17, 15) is 14.0 Å². The number of ketones is 1. The van der Waals surface area contributed by atoms with Gasteiger partial charge in [0.15, 0.2) is 0 Å². The number of halogens is 1. The lowest BCUT2D eigenvalue weighted by molar-refractivity contribution is -0.126. The van der Waals surface area contributed by atoms with E-state index in [2.05, 4.69) is 25.7 Å². The maximum Gasteiger partial charge on any atom is 0.295 e. The lowest BCUT2D eigenvalue weighted by Crippen LogP contribution is -2.39. The highest BCUT2D eigenvalue weighted by molar-refractivity contribution is 6.42. The number of Topliss-reactive ketones (excluding diaryl/α,β-unsaturated/α-hetero) is 1. The van der Waals surface area contributed by atoms with Gasteiger partial charge in [-0.1, -0.05) is 63.2 Å². The van der Waals surface area contributed by atoms with Crippen LogP contribution in [0.1, 0.15) is 48.7 Å². The Morgan fingerprint density at radius 3 is 2.28 bits per heavy atom. The van der Waals surface area contributed by atoms with Crippen LogP contribution in [0.5, 0.6) is 0 Å². The van der Waals surface area contributed by atoms with Crippen molar-refractivity contribution >= 4 is 11.7 Å². The number of carbonyl (C=O) groups excluding carboxylic acids is 2. The third-order valence-electron chi connectivity index (χ3n) is 5.43. The van der Waals surface area contributed by atoms with Crippen molar-refractivity contribution in [3.05, 3.63) is 71.0 Å². The average molecular weight is 397 g/mol. The summed E-state index contributed by atoms with van der Waals surface area (Å²) in [5.74, 6) is -1.13. The summed E-state index contributed by atoms with van der Waals surface area (Å²) in [6, 6.07) is 14.1. The topological polar surface area (TPSA) is 40.6 Å². The molecule has 0 spiro atoms. The van der Waals surface area contributed by atoms with E-state index in [-0.39, 0.29) is 11.2 Å². The van der Waals surface area contributed by atoms with Crippen LogP contribution >= 0.6 is 0 Å². The number of hydrogen-bond acceptors (Lipinski definition) is 3. The fraction of sp³-hybridized carbons (Fsp3) is 0.417. The molecule has 0 radical (unpaired) electrons. The molecule has 5 heteroatoms. The first-order valence-electron chi connectivity index (χ1n) is 10.2. The van der Waals surface area contributed by atoms with E-state index in [4.69, 9.17) is 0 Å². The number of carbonyl (C=O) groups is 2. The fourth-order valence-electron chi connectivity index (χ4n) is 3.59. The molecule has 1 heterocycles. The van der Waals surface area contributed by atoms with Crippen LogP contribution in [0.15, 0.2) is 48.5 Å². The van der Waals surface area contributed by atoms with E-state index in [0.29, 0.717) is 37.3 Å². The first-order valence-corrected chi connectivity index (χ1v) is 10.2. The molecular formula is C24H29FN2O2. The van der Waals surface area contributed by atoms with Crippen LogP contribution in [-0.4, -0.2) is 47.7 Å². The maximum atomic E-state index is 13.9. The number of benzene rings is 2. The molecule has 2 aromatic rings. The Morgan fingerprint density at radius 2 is 1.62 bits per heavy atom. The van der Waals surface area contributed by atoms with E-state index in [0.717, 1.165) is 18.5 Å². The van der Waals surface area contributed by atoms with E-state index in [1.54, 1.807) is 29.2 Å². The summed E-state index contributed by atoms with van der Waals surface area (Å²) >= 11 is 0. The van der Waals surface area contributed by atoms with Gasteiger partial charge in [0.1, 0.15) is 5.82 Å². The van der Waals surface area contributed by atoms with Crippen LogP contribution in [0, 0.1) is 5.82 Å². The molecule has 0 N–H and O–H groups in total. The molecule has 0 aliphatic carbocycles. The van der Waals surface area contributed by atoms with Crippen molar-refractivity contribution in [3.8, 4) is 0 Å². The molecule has 0 aromatic heterocycles. The number of hydrogen-bond donors (Lipinski definition) is 0. The second kappa shape index (κ2) is 8.87. The smallest absolute Gasteiger partial charge is 0.295 e. The summed E-state index contributed by atoms with van der Waals surface area (Å²) in [6.07, 6.45) is 0.760. The minimum Gasteiger partial charge on any atom is -0.334 e. The molecule has 1 aliphatic heterocycles. The monoisotopic (exact) mass is 396 g/mol. The highest BCUT2D eigenvalue weighted by atomic mass is 19.1. The molecule has 1 saturated heterocycles. The van der Waals surface area contributed by atoms with E-state index in [1.807, 2.05) is 18.2 Å². The largest absolute Gasteiger partial charge is 0.334 e. The van der Waals surface area contributed by atoms with Crippen LogP contribution in [0.25, 0.3) is 0 Å². The molecule has 0 unspecified atom stereocenters. The third kappa shape index (κ3) is 5.30.